The van der Waals surface area contributed by atoms with Gasteiger partial charge in [0.1, 0.15) is 0 Å². The number of hydrogen-bond acceptors (Lipinski definition) is 2. The molecule has 86 valence electrons. The van der Waals surface area contributed by atoms with Crippen molar-refractivity contribution in [2.75, 3.05) is 0 Å². The predicted octanol–water partition coefficient (Wildman–Crippen LogP) is 3.32. The fourth-order valence-electron chi connectivity index (χ4n) is 2.24. The van der Waals surface area contributed by atoms with E-state index in [1.807, 2.05) is 0 Å². The monoisotopic (exact) mass is 216 g/mol. The van der Waals surface area contributed by atoms with Gasteiger partial charge in [0.25, 0.3) is 0 Å². The van der Waals surface area contributed by atoms with Crippen molar-refractivity contribution >= 4 is 5.71 Å². The molecule has 1 aromatic carbocycles. The van der Waals surface area contributed by atoms with Crippen molar-refractivity contribution in [3.63, 3.8) is 0 Å². The van der Waals surface area contributed by atoms with Crippen LogP contribution < -0.4 is 5.43 Å². The molecule has 0 saturated heterocycles. The smallest absolute Gasteiger partial charge is 0.0681 e. The van der Waals surface area contributed by atoms with Gasteiger partial charge in [0.2, 0.25) is 0 Å². The maximum absolute atomic E-state index is 4.47. The van der Waals surface area contributed by atoms with E-state index in [0.29, 0.717) is 0 Å². The van der Waals surface area contributed by atoms with Crippen molar-refractivity contribution in [3.8, 4) is 0 Å². The summed E-state index contributed by atoms with van der Waals surface area (Å²) in [6, 6.07) is 8.58. The van der Waals surface area contributed by atoms with E-state index in [-0.39, 0.29) is 0 Å². The van der Waals surface area contributed by atoms with Gasteiger partial charge in [-0.2, -0.15) is 5.10 Å². The molecule has 0 atom stereocenters. The van der Waals surface area contributed by atoms with Crippen LogP contribution in [0, 0.1) is 5.92 Å². The lowest BCUT2D eigenvalue weighted by Crippen LogP contribution is -2.22. The Morgan fingerprint density at radius 2 is 2.00 bits per heavy atom. The number of hydrogen-bond donors (Lipinski definition) is 1. The minimum absolute atomic E-state index is 0.756. The third-order valence-electron chi connectivity index (χ3n) is 3.45. The summed E-state index contributed by atoms with van der Waals surface area (Å²) >= 11 is 0. The molecule has 0 radical (unpaired) electrons. The highest BCUT2D eigenvalue weighted by atomic mass is 15.3. The fraction of sp³-hybridized carbons (Fsp3) is 0.500. The van der Waals surface area contributed by atoms with Crippen LogP contribution in [0.1, 0.15) is 44.2 Å². The van der Waals surface area contributed by atoms with Crippen molar-refractivity contribution in [2.45, 2.75) is 39.7 Å². The standard InChI is InChI=1S/C14H20N2/c1-3-11(4-2)9-14-13-8-6-5-7-12(13)10-15-16-14/h5-8,11,15H,3-4,9-10H2,1-2H3. The zero-order valence-corrected chi connectivity index (χ0v) is 10.2. The second-order valence-corrected chi connectivity index (χ2v) is 4.44. The number of nitrogens with zero attached hydrogens (tertiary/aromatic N) is 1. The van der Waals surface area contributed by atoms with E-state index in [0.717, 1.165) is 18.9 Å². The number of hydrazone groups is 1. The van der Waals surface area contributed by atoms with Gasteiger partial charge in [-0.1, -0.05) is 51.0 Å². The second-order valence-electron chi connectivity index (χ2n) is 4.44. The van der Waals surface area contributed by atoms with E-state index in [9.17, 15) is 0 Å². The Labute approximate surface area is 97.8 Å². The van der Waals surface area contributed by atoms with Crippen LogP contribution in [0.15, 0.2) is 29.4 Å². The van der Waals surface area contributed by atoms with Crippen molar-refractivity contribution in [1.29, 1.82) is 0 Å². The van der Waals surface area contributed by atoms with E-state index < -0.39 is 0 Å². The summed E-state index contributed by atoms with van der Waals surface area (Å²) in [6.07, 6.45) is 3.56. The Bertz CT molecular complexity index is 378. The third-order valence-corrected chi connectivity index (χ3v) is 3.45. The first kappa shape index (κ1) is 11.2. The molecule has 16 heavy (non-hydrogen) atoms. The van der Waals surface area contributed by atoms with Gasteiger partial charge in [-0.05, 0) is 17.9 Å². The highest BCUT2D eigenvalue weighted by Gasteiger charge is 2.16. The van der Waals surface area contributed by atoms with Crippen molar-refractivity contribution in [2.24, 2.45) is 11.0 Å². The number of rotatable bonds is 4. The minimum Gasteiger partial charge on any atom is -0.305 e. The minimum atomic E-state index is 0.756. The lowest BCUT2D eigenvalue weighted by atomic mass is 9.91. The Hall–Kier alpha value is -1.31. The van der Waals surface area contributed by atoms with Gasteiger partial charge < -0.3 is 5.43 Å². The molecular weight excluding hydrogens is 196 g/mol. The van der Waals surface area contributed by atoms with Crippen LogP contribution in [0.5, 0.6) is 0 Å². The molecule has 1 aliphatic heterocycles. The summed E-state index contributed by atoms with van der Waals surface area (Å²) in [4.78, 5) is 0. The normalized spacial score (nSPS) is 14.3. The van der Waals surface area contributed by atoms with E-state index in [1.165, 1.54) is 29.7 Å². The molecule has 0 saturated carbocycles. The van der Waals surface area contributed by atoms with Crippen LogP contribution in [-0.4, -0.2) is 5.71 Å². The van der Waals surface area contributed by atoms with Crippen molar-refractivity contribution < 1.29 is 0 Å². The molecule has 0 aromatic heterocycles. The molecule has 2 rings (SSSR count). The van der Waals surface area contributed by atoms with Gasteiger partial charge in [-0.25, -0.2) is 0 Å². The van der Waals surface area contributed by atoms with Crippen LogP contribution >= 0.6 is 0 Å². The van der Waals surface area contributed by atoms with Crippen LogP contribution in [-0.2, 0) is 6.54 Å². The number of benzene rings is 1. The van der Waals surface area contributed by atoms with Gasteiger partial charge in [-0.15, -0.1) is 0 Å². The second kappa shape index (κ2) is 5.15. The number of nitrogens with one attached hydrogen (secondary N) is 1. The molecule has 0 amide bonds. The molecule has 0 bridgehead atoms. The summed E-state index contributed by atoms with van der Waals surface area (Å²) in [6.45, 7) is 5.39. The maximum Gasteiger partial charge on any atom is 0.0681 e. The Balaban J connectivity index is 2.19. The summed E-state index contributed by atoms with van der Waals surface area (Å²) in [5.41, 5.74) is 7.08. The summed E-state index contributed by atoms with van der Waals surface area (Å²) < 4.78 is 0. The van der Waals surface area contributed by atoms with Gasteiger partial charge in [-0.3, -0.25) is 0 Å². The Morgan fingerprint density at radius 1 is 1.25 bits per heavy atom. The van der Waals surface area contributed by atoms with E-state index in [2.05, 4.69) is 48.6 Å². The Morgan fingerprint density at radius 3 is 2.75 bits per heavy atom. The molecule has 1 N–H and O–H groups in total. The van der Waals surface area contributed by atoms with Crippen molar-refractivity contribution in [1.82, 2.24) is 5.43 Å². The van der Waals surface area contributed by atoms with E-state index >= 15 is 0 Å². The average molecular weight is 216 g/mol. The molecular formula is C14H20N2. The van der Waals surface area contributed by atoms with Crippen LogP contribution in [0.3, 0.4) is 0 Å². The van der Waals surface area contributed by atoms with E-state index in [1.54, 1.807) is 0 Å². The Kier molecular flexibility index (Phi) is 3.60. The van der Waals surface area contributed by atoms with Crippen LogP contribution in [0.25, 0.3) is 0 Å². The lowest BCUT2D eigenvalue weighted by molar-refractivity contribution is 0.509. The van der Waals surface area contributed by atoms with Crippen LogP contribution in [0.2, 0.25) is 0 Å². The topological polar surface area (TPSA) is 24.4 Å². The molecule has 0 aliphatic carbocycles. The molecule has 1 aliphatic rings. The summed E-state index contributed by atoms with van der Waals surface area (Å²) in [5, 5.41) is 4.47. The van der Waals surface area contributed by atoms with Gasteiger partial charge in [0, 0.05) is 5.56 Å². The largest absolute Gasteiger partial charge is 0.305 e. The quantitative estimate of drug-likeness (QED) is 0.820. The average Bonchev–Trinajstić information content (AvgIpc) is 2.36. The van der Waals surface area contributed by atoms with Gasteiger partial charge in [0.15, 0.2) is 0 Å². The highest BCUT2D eigenvalue weighted by Crippen LogP contribution is 2.21. The van der Waals surface area contributed by atoms with Crippen molar-refractivity contribution in [3.05, 3.63) is 35.4 Å². The SMILES string of the molecule is CCC(CC)CC1=NNCc2ccccc21. The lowest BCUT2D eigenvalue weighted by Gasteiger charge is -2.20. The van der Waals surface area contributed by atoms with E-state index in [4.69, 9.17) is 0 Å². The fourth-order valence-corrected chi connectivity index (χ4v) is 2.24. The first-order valence-electron chi connectivity index (χ1n) is 6.22. The molecule has 2 heteroatoms. The van der Waals surface area contributed by atoms with Gasteiger partial charge in [0.05, 0.1) is 12.3 Å². The first-order valence-corrected chi connectivity index (χ1v) is 6.22. The summed E-state index contributed by atoms with van der Waals surface area (Å²) in [7, 11) is 0. The molecule has 0 fully saturated rings. The molecule has 2 nitrogen and oxygen atoms in total. The zero-order valence-electron chi connectivity index (χ0n) is 10.2. The first-order chi connectivity index (χ1) is 7.85. The van der Waals surface area contributed by atoms with Gasteiger partial charge >= 0.3 is 0 Å². The predicted molar refractivity (Wildman–Crippen MR) is 68.5 cm³/mol. The molecule has 1 aromatic rings. The molecule has 0 spiro atoms. The highest BCUT2D eigenvalue weighted by molar-refractivity contribution is 6.02. The van der Waals surface area contributed by atoms with Crippen LogP contribution in [0.4, 0.5) is 0 Å². The number of fused-ring (bicyclic) bond motifs is 1. The molecule has 0 unspecified atom stereocenters. The maximum atomic E-state index is 4.47. The third kappa shape index (κ3) is 2.26. The zero-order chi connectivity index (χ0) is 11.4. The summed E-state index contributed by atoms with van der Waals surface area (Å²) in [5.74, 6) is 0.756. The molecule has 1 heterocycles.